The van der Waals surface area contributed by atoms with Crippen LogP contribution in [0.15, 0.2) is 55.1 Å². The Hall–Kier alpha value is -2.08. The quantitative estimate of drug-likeness (QED) is 0.581. The Morgan fingerprint density at radius 3 is 2.38 bits per heavy atom. The fourth-order valence-electron chi connectivity index (χ4n) is 3.86. The van der Waals surface area contributed by atoms with Crippen molar-refractivity contribution in [3.8, 4) is 0 Å². The fraction of sp³-hybridized carbons (Fsp3) is 0.333. The summed E-state index contributed by atoms with van der Waals surface area (Å²) in [7, 11) is 0. The first-order chi connectivity index (χ1) is 11.7. The van der Waals surface area contributed by atoms with E-state index in [4.69, 9.17) is 0 Å². The molecule has 0 unspecified atom stereocenters. The number of benzene rings is 2. The molecule has 0 bridgehead atoms. The Bertz CT molecular complexity index is 758. The molecule has 3 rings (SSSR count). The summed E-state index contributed by atoms with van der Waals surface area (Å²) < 4.78 is 0. The van der Waals surface area contributed by atoms with E-state index in [1.807, 2.05) is 0 Å². The molecule has 0 N–H and O–H groups in total. The second-order valence-corrected chi connectivity index (χ2v) is 6.94. The molecule has 0 spiro atoms. The van der Waals surface area contributed by atoms with Gasteiger partial charge in [0.2, 0.25) is 0 Å². The maximum atomic E-state index is 4.44. The van der Waals surface area contributed by atoms with Crippen LogP contribution in [-0.4, -0.2) is 0 Å². The van der Waals surface area contributed by atoms with Crippen molar-refractivity contribution < 1.29 is 0 Å². The van der Waals surface area contributed by atoms with Crippen LogP contribution >= 0.6 is 0 Å². The molecule has 1 aliphatic rings. The zero-order valence-electron chi connectivity index (χ0n) is 15.2. The highest BCUT2D eigenvalue weighted by Crippen LogP contribution is 2.39. The number of hydrogen-bond acceptors (Lipinski definition) is 0. The number of fused-ring (bicyclic) bond motifs is 1. The Morgan fingerprint density at radius 2 is 1.71 bits per heavy atom. The molecule has 0 aromatic heterocycles. The Labute approximate surface area is 146 Å². The van der Waals surface area contributed by atoms with Crippen LogP contribution in [0.5, 0.6) is 0 Å². The summed E-state index contributed by atoms with van der Waals surface area (Å²) in [5.74, 6) is 0.781. The third-order valence-electron chi connectivity index (χ3n) is 5.56. The van der Waals surface area contributed by atoms with E-state index < -0.39 is 0 Å². The van der Waals surface area contributed by atoms with Crippen molar-refractivity contribution in [1.82, 2.24) is 0 Å². The van der Waals surface area contributed by atoms with Gasteiger partial charge in [-0.2, -0.15) is 0 Å². The van der Waals surface area contributed by atoms with Gasteiger partial charge in [0.15, 0.2) is 0 Å². The molecule has 0 fully saturated rings. The van der Waals surface area contributed by atoms with Crippen molar-refractivity contribution in [1.29, 1.82) is 0 Å². The molecule has 1 aliphatic carbocycles. The molecular formula is C24H28. The van der Waals surface area contributed by atoms with E-state index in [1.165, 1.54) is 52.7 Å². The van der Waals surface area contributed by atoms with E-state index in [2.05, 4.69) is 75.9 Å². The van der Waals surface area contributed by atoms with Crippen molar-refractivity contribution in [3.63, 3.8) is 0 Å². The second-order valence-electron chi connectivity index (χ2n) is 6.94. The number of aryl methyl sites for hydroxylation is 1. The largest absolute Gasteiger partial charge is 0.0905 e. The van der Waals surface area contributed by atoms with Crippen LogP contribution in [0.3, 0.4) is 0 Å². The Balaban J connectivity index is 2.00. The topological polar surface area (TPSA) is 0 Å². The molecule has 2 aromatic rings. The van der Waals surface area contributed by atoms with Gasteiger partial charge in [-0.1, -0.05) is 81.8 Å². The molecule has 0 amide bonds. The van der Waals surface area contributed by atoms with Crippen LogP contribution in [0.25, 0.3) is 11.1 Å². The minimum absolute atomic E-state index is 0.781. The third-order valence-corrected chi connectivity index (χ3v) is 5.56. The van der Waals surface area contributed by atoms with Crippen LogP contribution in [0.4, 0.5) is 0 Å². The molecule has 2 aromatic carbocycles. The predicted octanol–water partition coefficient (Wildman–Crippen LogP) is 6.63. The summed E-state index contributed by atoms with van der Waals surface area (Å²) in [5, 5.41) is 0. The molecule has 0 saturated heterocycles. The van der Waals surface area contributed by atoms with Gasteiger partial charge in [-0.25, -0.2) is 0 Å². The summed E-state index contributed by atoms with van der Waals surface area (Å²) >= 11 is 0. The Kier molecular flexibility index (Phi) is 5.04. The first kappa shape index (κ1) is 16.8. The summed E-state index contributed by atoms with van der Waals surface area (Å²) in [6.07, 6.45) is 7.10. The average molecular weight is 316 g/mol. The van der Waals surface area contributed by atoms with Gasteiger partial charge in [0.1, 0.15) is 0 Å². The van der Waals surface area contributed by atoms with E-state index in [-0.39, 0.29) is 0 Å². The molecule has 0 aliphatic heterocycles. The molecule has 0 heteroatoms. The van der Waals surface area contributed by atoms with Gasteiger partial charge in [0, 0.05) is 0 Å². The van der Waals surface area contributed by atoms with Gasteiger partial charge in [-0.05, 0) is 64.6 Å². The van der Waals surface area contributed by atoms with Crippen LogP contribution in [-0.2, 0) is 12.8 Å². The van der Waals surface area contributed by atoms with Crippen LogP contribution in [0.2, 0.25) is 0 Å². The summed E-state index contributed by atoms with van der Waals surface area (Å²) in [4.78, 5) is 0. The van der Waals surface area contributed by atoms with Crippen molar-refractivity contribution in [3.05, 3.63) is 82.9 Å². The standard InChI is InChI=1S/C24H28/c1-5-19(6-2)16-24-17(3)12-13-22-18(4)21(14-15-23(22)24)20-10-8-7-9-11-20/h7-14,19H,4-6,15-16H2,1-3H3. The highest BCUT2D eigenvalue weighted by atomic mass is 14.2. The number of allylic oxidation sites excluding steroid dienone is 3. The zero-order valence-corrected chi connectivity index (χ0v) is 15.2. The van der Waals surface area contributed by atoms with Gasteiger partial charge >= 0.3 is 0 Å². The van der Waals surface area contributed by atoms with Gasteiger partial charge in [-0.3, -0.25) is 0 Å². The van der Waals surface area contributed by atoms with Crippen molar-refractivity contribution in [2.45, 2.75) is 46.5 Å². The van der Waals surface area contributed by atoms with Crippen molar-refractivity contribution in [2.75, 3.05) is 0 Å². The molecule has 0 saturated carbocycles. The predicted molar refractivity (Wildman–Crippen MR) is 106 cm³/mol. The van der Waals surface area contributed by atoms with Gasteiger partial charge < -0.3 is 0 Å². The second kappa shape index (κ2) is 7.21. The molecule has 0 nitrogen and oxygen atoms in total. The molecule has 0 atom stereocenters. The van der Waals surface area contributed by atoms with Gasteiger partial charge in [0.05, 0.1) is 0 Å². The lowest BCUT2D eigenvalue weighted by Crippen LogP contribution is -2.11. The lowest BCUT2D eigenvalue weighted by molar-refractivity contribution is 0.488. The molecular weight excluding hydrogens is 288 g/mol. The lowest BCUT2D eigenvalue weighted by Gasteiger charge is -2.25. The van der Waals surface area contributed by atoms with E-state index >= 15 is 0 Å². The van der Waals surface area contributed by atoms with E-state index in [1.54, 1.807) is 5.56 Å². The van der Waals surface area contributed by atoms with E-state index in [0.717, 1.165) is 12.3 Å². The van der Waals surface area contributed by atoms with E-state index in [0.29, 0.717) is 0 Å². The highest BCUT2D eigenvalue weighted by Gasteiger charge is 2.21. The molecule has 0 heterocycles. The minimum atomic E-state index is 0.781. The summed E-state index contributed by atoms with van der Waals surface area (Å²) in [6, 6.07) is 15.2. The third kappa shape index (κ3) is 3.11. The Morgan fingerprint density at radius 1 is 1.00 bits per heavy atom. The monoisotopic (exact) mass is 316 g/mol. The van der Waals surface area contributed by atoms with Crippen LogP contribution in [0.1, 0.15) is 54.5 Å². The first-order valence-corrected chi connectivity index (χ1v) is 9.22. The minimum Gasteiger partial charge on any atom is -0.0905 e. The number of hydrogen-bond donors (Lipinski definition) is 0. The van der Waals surface area contributed by atoms with Crippen molar-refractivity contribution >= 4 is 11.1 Å². The maximum absolute atomic E-state index is 4.44. The molecule has 124 valence electrons. The lowest BCUT2D eigenvalue weighted by atomic mass is 9.79. The highest BCUT2D eigenvalue weighted by molar-refractivity contribution is 6.06. The van der Waals surface area contributed by atoms with Crippen LogP contribution in [0, 0.1) is 12.8 Å². The molecule has 24 heavy (non-hydrogen) atoms. The van der Waals surface area contributed by atoms with Gasteiger partial charge in [-0.15, -0.1) is 0 Å². The molecule has 0 radical (unpaired) electrons. The normalized spacial score (nSPS) is 13.8. The first-order valence-electron chi connectivity index (χ1n) is 9.22. The maximum Gasteiger partial charge on any atom is -0.00790 e. The fourth-order valence-corrected chi connectivity index (χ4v) is 3.86. The smallest absolute Gasteiger partial charge is 0.00790 e. The van der Waals surface area contributed by atoms with Crippen molar-refractivity contribution in [2.24, 2.45) is 5.92 Å². The zero-order chi connectivity index (χ0) is 17.1. The number of rotatable bonds is 5. The average Bonchev–Trinajstić information content (AvgIpc) is 2.62. The van der Waals surface area contributed by atoms with E-state index in [9.17, 15) is 0 Å². The summed E-state index contributed by atoms with van der Waals surface area (Å²) in [6.45, 7) is 11.3. The van der Waals surface area contributed by atoms with Gasteiger partial charge in [0.25, 0.3) is 0 Å². The van der Waals surface area contributed by atoms with Crippen LogP contribution < -0.4 is 0 Å². The summed E-state index contributed by atoms with van der Waals surface area (Å²) in [5.41, 5.74) is 9.59. The SMILES string of the molecule is C=C1C(c2ccccc2)=CCc2c1ccc(C)c2CC(CC)CC.